The van der Waals surface area contributed by atoms with Crippen LogP contribution in [0.25, 0.3) is 0 Å². The average molecular weight is 137 g/mol. The van der Waals surface area contributed by atoms with Crippen LogP contribution in [0.1, 0.15) is 11.3 Å². The van der Waals surface area contributed by atoms with E-state index in [0.29, 0.717) is 6.61 Å². The van der Waals surface area contributed by atoms with Crippen LogP contribution in [-0.2, 0) is 11.3 Å². The van der Waals surface area contributed by atoms with Gasteiger partial charge >= 0.3 is 0 Å². The van der Waals surface area contributed by atoms with Crippen LogP contribution in [0.2, 0.25) is 0 Å². The van der Waals surface area contributed by atoms with Crippen LogP contribution in [0.15, 0.2) is 18.3 Å². The monoisotopic (exact) mass is 137 g/mol. The molecule has 0 saturated carbocycles. The summed E-state index contributed by atoms with van der Waals surface area (Å²) in [6, 6.07) is 3.99. The lowest BCUT2D eigenvalue weighted by Gasteiger charge is -1.97. The molecule has 0 unspecified atom stereocenters. The van der Waals surface area contributed by atoms with Gasteiger partial charge in [0.1, 0.15) is 0 Å². The molecule has 2 heteroatoms. The molecule has 0 bridgehead atoms. The van der Waals surface area contributed by atoms with Crippen LogP contribution in [0.5, 0.6) is 0 Å². The number of hydrogen-bond acceptors (Lipinski definition) is 2. The van der Waals surface area contributed by atoms with Gasteiger partial charge in [-0.2, -0.15) is 0 Å². The summed E-state index contributed by atoms with van der Waals surface area (Å²) in [5.41, 5.74) is 2.21. The van der Waals surface area contributed by atoms with Crippen LogP contribution in [0.3, 0.4) is 0 Å². The molecule has 0 saturated heterocycles. The van der Waals surface area contributed by atoms with Gasteiger partial charge in [-0.3, -0.25) is 4.98 Å². The third-order valence-corrected chi connectivity index (χ3v) is 1.26. The van der Waals surface area contributed by atoms with Crippen molar-refractivity contribution in [2.75, 3.05) is 7.11 Å². The second-order valence-electron chi connectivity index (χ2n) is 2.26. The summed E-state index contributed by atoms with van der Waals surface area (Å²) < 4.78 is 4.92. The zero-order valence-corrected chi connectivity index (χ0v) is 6.29. The smallest absolute Gasteiger partial charge is 0.0884 e. The van der Waals surface area contributed by atoms with Gasteiger partial charge in [0.15, 0.2) is 0 Å². The SMILES string of the molecule is COCc1cc(C)ccn1. The van der Waals surface area contributed by atoms with Crippen LogP contribution in [0, 0.1) is 6.92 Å². The minimum atomic E-state index is 0.599. The lowest BCUT2D eigenvalue weighted by molar-refractivity contribution is 0.181. The first kappa shape index (κ1) is 7.22. The summed E-state index contributed by atoms with van der Waals surface area (Å²) in [7, 11) is 1.67. The number of nitrogens with zero attached hydrogens (tertiary/aromatic N) is 1. The van der Waals surface area contributed by atoms with Crippen LogP contribution >= 0.6 is 0 Å². The van der Waals surface area contributed by atoms with Gasteiger partial charge in [0, 0.05) is 13.3 Å². The molecule has 0 radical (unpaired) electrons. The van der Waals surface area contributed by atoms with Crippen molar-refractivity contribution >= 4 is 0 Å². The van der Waals surface area contributed by atoms with Gasteiger partial charge in [-0.1, -0.05) is 0 Å². The van der Waals surface area contributed by atoms with Crippen LogP contribution < -0.4 is 0 Å². The van der Waals surface area contributed by atoms with Gasteiger partial charge in [0.05, 0.1) is 12.3 Å². The van der Waals surface area contributed by atoms with Gasteiger partial charge in [0.2, 0.25) is 0 Å². The molecule has 0 aliphatic carbocycles. The standard InChI is InChI=1S/C8H11NO/c1-7-3-4-9-8(5-7)6-10-2/h3-5H,6H2,1-2H3. The van der Waals surface area contributed by atoms with E-state index in [-0.39, 0.29) is 0 Å². The third-order valence-electron chi connectivity index (χ3n) is 1.26. The number of rotatable bonds is 2. The Morgan fingerprint density at radius 2 is 2.40 bits per heavy atom. The molecule has 1 rings (SSSR count). The van der Waals surface area contributed by atoms with Gasteiger partial charge in [0.25, 0.3) is 0 Å². The van der Waals surface area contributed by atoms with Crippen LogP contribution in [0.4, 0.5) is 0 Å². The number of aromatic nitrogens is 1. The first-order chi connectivity index (χ1) is 4.83. The summed E-state index contributed by atoms with van der Waals surface area (Å²) in [6.45, 7) is 2.64. The Bertz CT molecular complexity index is 210. The van der Waals surface area contributed by atoms with E-state index in [2.05, 4.69) is 4.98 Å². The highest BCUT2D eigenvalue weighted by molar-refractivity contribution is 5.13. The van der Waals surface area contributed by atoms with E-state index in [0.717, 1.165) is 5.69 Å². The Hall–Kier alpha value is -0.890. The average Bonchev–Trinajstić information content (AvgIpc) is 1.88. The molecule has 10 heavy (non-hydrogen) atoms. The minimum Gasteiger partial charge on any atom is -0.378 e. The van der Waals surface area contributed by atoms with E-state index in [1.807, 2.05) is 19.1 Å². The lowest BCUT2D eigenvalue weighted by atomic mass is 10.2. The predicted molar refractivity (Wildman–Crippen MR) is 39.7 cm³/mol. The van der Waals surface area contributed by atoms with Crippen LogP contribution in [-0.4, -0.2) is 12.1 Å². The third kappa shape index (κ3) is 1.81. The maximum atomic E-state index is 4.92. The molecule has 1 heterocycles. The molecule has 2 nitrogen and oxygen atoms in total. The summed E-state index contributed by atoms with van der Waals surface area (Å²) in [5.74, 6) is 0. The van der Waals surface area contributed by atoms with E-state index in [9.17, 15) is 0 Å². The Morgan fingerprint density at radius 1 is 1.60 bits per heavy atom. The molecule has 0 atom stereocenters. The lowest BCUT2D eigenvalue weighted by Crippen LogP contribution is -1.91. The zero-order valence-electron chi connectivity index (χ0n) is 6.29. The van der Waals surface area contributed by atoms with E-state index in [4.69, 9.17) is 4.74 Å². The Balaban J connectivity index is 2.75. The van der Waals surface area contributed by atoms with Crippen molar-refractivity contribution in [2.45, 2.75) is 13.5 Å². The molecule has 0 spiro atoms. The molecule has 1 aromatic rings. The van der Waals surface area contributed by atoms with Crippen molar-refractivity contribution < 1.29 is 4.74 Å². The number of pyridine rings is 1. The first-order valence-electron chi connectivity index (χ1n) is 3.23. The van der Waals surface area contributed by atoms with Crippen molar-refractivity contribution in [1.29, 1.82) is 0 Å². The first-order valence-corrected chi connectivity index (χ1v) is 3.23. The van der Waals surface area contributed by atoms with Crippen molar-refractivity contribution in [2.24, 2.45) is 0 Å². The Labute approximate surface area is 60.9 Å². The second-order valence-corrected chi connectivity index (χ2v) is 2.26. The van der Waals surface area contributed by atoms with Gasteiger partial charge in [-0.15, -0.1) is 0 Å². The number of hydrogen-bond donors (Lipinski definition) is 0. The number of aryl methyl sites for hydroxylation is 1. The van der Waals surface area contributed by atoms with Crippen molar-refractivity contribution in [3.8, 4) is 0 Å². The highest BCUT2D eigenvalue weighted by Gasteiger charge is 1.90. The molecule has 0 aliphatic rings. The maximum Gasteiger partial charge on any atom is 0.0884 e. The predicted octanol–water partition coefficient (Wildman–Crippen LogP) is 1.54. The number of methoxy groups -OCH3 is 1. The van der Waals surface area contributed by atoms with Crippen molar-refractivity contribution in [3.63, 3.8) is 0 Å². The topological polar surface area (TPSA) is 22.1 Å². The van der Waals surface area contributed by atoms with Crippen molar-refractivity contribution in [3.05, 3.63) is 29.6 Å². The molecule has 0 N–H and O–H groups in total. The van der Waals surface area contributed by atoms with Gasteiger partial charge in [-0.05, 0) is 24.6 Å². The van der Waals surface area contributed by atoms with E-state index in [1.165, 1.54) is 5.56 Å². The molecule has 0 aromatic carbocycles. The highest BCUT2D eigenvalue weighted by atomic mass is 16.5. The molecule has 0 fully saturated rings. The largest absolute Gasteiger partial charge is 0.378 e. The maximum absolute atomic E-state index is 4.92. The van der Waals surface area contributed by atoms with Crippen molar-refractivity contribution in [1.82, 2.24) is 4.98 Å². The summed E-state index contributed by atoms with van der Waals surface area (Å²) in [6.07, 6.45) is 1.80. The van der Waals surface area contributed by atoms with E-state index < -0.39 is 0 Å². The van der Waals surface area contributed by atoms with Gasteiger partial charge < -0.3 is 4.74 Å². The molecule has 0 aliphatic heterocycles. The molecular weight excluding hydrogens is 126 g/mol. The molecule has 54 valence electrons. The summed E-state index contributed by atoms with van der Waals surface area (Å²) in [5, 5.41) is 0. The van der Waals surface area contributed by atoms with Gasteiger partial charge in [-0.25, -0.2) is 0 Å². The zero-order chi connectivity index (χ0) is 7.40. The number of ether oxygens (including phenoxy) is 1. The molecule has 0 amide bonds. The summed E-state index contributed by atoms with van der Waals surface area (Å²) in [4.78, 5) is 4.10. The molecule has 1 aromatic heterocycles. The quantitative estimate of drug-likeness (QED) is 0.616. The Kier molecular flexibility index (Phi) is 2.40. The van der Waals surface area contributed by atoms with E-state index >= 15 is 0 Å². The highest BCUT2D eigenvalue weighted by Crippen LogP contribution is 1.99. The fraction of sp³-hybridized carbons (Fsp3) is 0.375. The summed E-state index contributed by atoms with van der Waals surface area (Å²) >= 11 is 0. The fourth-order valence-corrected chi connectivity index (χ4v) is 0.826. The minimum absolute atomic E-state index is 0.599. The second kappa shape index (κ2) is 3.32. The van der Waals surface area contributed by atoms with E-state index in [1.54, 1.807) is 13.3 Å². The Morgan fingerprint density at radius 3 is 3.00 bits per heavy atom. The normalized spacial score (nSPS) is 9.80. The molecular formula is C8H11NO. The fourth-order valence-electron chi connectivity index (χ4n) is 0.826.